The van der Waals surface area contributed by atoms with E-state index >= 15 is 0 Å². The molecule has 194 valence electrons. The van der Waals surface area contributed by atoms with E-state index < -0.39 is 63.6 Å². The Morgan fingerprint density at radius 2 is 1.60 bits per heavy atom. The van der Waals surface area contributed by atoms with Gasteiger partial charge in [0.25, 0.3) is 0 Å². The van der Waals surface area contributed by atoms with Crippen LogP contribution in [0.3, 0.4) is 0 Å². The maximum Gasteiger partial charge on any atom is 0.534 e. The Bertz CT molecular complexity index is 1320. The van der Waals surface area contributed by atoms with Gasteiger partial charge in [-0.3, -0.25) is 0 Å². The minimum atomic E-state index is -6.20. The average molecular weight is 580 g/mol. The van der Waals surface area contributed by atoms with E-state index in [2.05, 4.69) is 16.0 Å². The summed E-state index contributed by atoms with van der Waals surface area (Å²) in [4.78, 5) is 0.440. The van der Waals surface area contributed by atoms with E-state index in [1.54, 1.807) is 37.2 Å². The zero-order chi connectivity index (χ0) is 26.9. The predicted molar refractivity (Wildman–Crippen MR) is 122 cm³/mol. The number of hydrogen-bond acceptors (Lipinski definition) is 6. The third-order valence-corrected chi connectivity index (χ3v) is 9.62. The van der Waals surface area contributed by atoms with Gasteiger partial charge in [0.2, 0.25) is 0 Å². The maximum atomic E-state index is 13.3. The minimum absolute atomic E-state index is 0.0388. The molecule has 1 aromatic carbocycles. The van der Waals surface area contributed by atoms with Crippen molar-refractivity contribution in [1.82, 2.24) is 4.31 Å². The lowest BCUT2D eigenvalue weighted by molar-refractivity contribution is -0.0500. The molecule has 0 atom stereocenters. The number of halogens is 6. The van der Waals surface area contributed by atoms with Crippen LogP contribution in [-0.4, -0.2) is 46.8 Å². The predicted octanol–water partition coefficient (Wildman–Crippen LogP) is 4.23. The third-order valence-electron chi connectivity index (χ3n) is 4.35. The molecule has 35 heavy (non-hydrogen) atoms. The van der Waals surface area contributed by atoms with Crippen LogP contribution in [-0.2, 0) is 26.7 Å². The van der Waals surface area contributed by atoms with Crippen LogP contribution in [0, 0.1) is 11.8 Å². The highest BCUT2D eigenvalue weighted by molar-refractivity contribution is 7.90. The van der Waals surface area contributed by atoms with Gasteiger partial charge in [0.15, 0.2) is 0 Å². The monoisotopic (exact) mass is 579 g/mol. The van der Waals surface area contributed by atoms with Gasteiger partial charge in [-0.05, 0) is 16.6 Å². The highest BCUT2D eigenvalue weighted by Gasteiger charge is 2.51. The second-order valence-corrected chi connectivity index (χ2v) is 17.5. The summed E-state index contributed by atoms with van der Waals surface area (Å²) in [7, 11) is -14.8. The summed E-state index contributed by atoms with van der Waals surface area (Å²) >= 11 is 1.15. The van der Waals surface area contributed by atoms with Crippen molar-refractivity contribution in [2.75, 3.05) is 6.54 Å². The van der Waals surface area contributed by atoms with Crippen LogP contribution < -0.4 is 9.37 Å². The zero-order valence-corrected chi connectivity index (χ0v) is 21.8. The van der Waals surface area contributed by atoms with Crippen LogP contribution in [0.2, 0.25) is 19.6 Å². The molecule has 1 heterocycles. The highest BCUT2D eigenvalue weighted by Crippen LogP contribution is 2.33. The number of nitrogens with zero attached hydrogens (tertiary/aromatic N) is 1. The van der Waals surface area contributed by atoms with E-state index in [1.165, 1.54) is 12.1 Å². The third kappa shape index (κ3) is 7.00. The normalized spacial score (nSPS) is 13.4. The van der Waals surface area contributed by atoms with Crippen molar-refractivity contribution in [3.8, 4) is 17.6 Å². The Balaban J connectivity index is 2.64. The molecule has 0 amide bonds. The molecule has 1 aromatic heterocycles. The number of hydrogen-bond donors (Lipinski definition) is 0. The van der Waals surface area contributed by atoms with Gasteiger partial charge >= 0.3 is 31.2 Å². The van der Waals surface area contributed by atoms with E-state index in [9.17, 15) is 43.2 Å². The number of sulfonamides is 1. The van der Waals surface area contributed by atoms with Gasteiger partial charge in [-0.1, -0.05) is 55.7 Å². The second-order valence-electron chi connectivity index (χ2n) is 8.02. The lowest BCUT2D eigenvalue weighted by Gasteiger charge is -2.26. The number of alkyl halides is 6. The molecule has 0 bridgehead atoms. The number of thiophene rings is 1. The highest BCUT2D eigenvalue weighted by atomic mass is 32.2. The fourth-order valence-electron chi connectivity index (χ4n) is 2.68. The van der Waals surface area contributed by atoms with Crippen LogP contribution in [0.4, 0.5) is 26.3 Å². The van der Waals surface area contributed by atoms with Crippen molar-refractivity contribution in [1.29, 1.82) is 0 Å². The smallest absolute Gasteiger partial charge is 0.376 e. The lowest BCUT2D eigenvalue weighted by atomic mass is 10.2. The van der Waals surface area contributed by atoms with Gasteiger partial charge in [0, 0.05) is 12.1 Å². The molecule has 6 nitrogen and oxygen atoms in total. The van der Waals surface area contributed by atoms with Crippen molar-refractivity contribution in [3.63, 3.8) is 0 Å². The standard InChI is InChI=1S/C19H19F6NO5S3Si/c1-35(2,3)16-10-4-7-14(17(16)31-34(29,30)19(23,24)25)13-26(33(27,28)18(20,21)22)11-5-8-15-9-6-12-32-15/h4,6-7,9-10,12H,11,13H2,1-3H3. The first-order valence-electron chi connectivity index (χ1n) is 9.49. The van der Waals surface area contributed by atoms with Crippen molar-refractivity contribution < 1.29 is 47.4 Å². The molecule has 2 aromatic rings. The number of benzene rings is 1. The molecule has 0 aliphatic heterocycles. The summed E-state index contributed by atoms with van der Waals surface area (Å²) in [5.41, 5.74) is -12.1. The molecule has 0 radical (unpaired) electrons. The van der Waals surface area contributed by atoms with Crippen LogP contribution in [0.1, 0.15) is 10.4 Å². The fraction of sp³-hybridized carbons (Fsp3) is 0.368. The maximum absolute atomic E-state index is 13.3. The largest absolute Gasteiger partial charge is 0.534 e. The van der Waals surface area contributed by atoms with Gasteiger partial charge in [0.05, 0.1) is 19.5 Å². The topological polar surface area (TPSA) is 80.8 Å². The Kier molecular flexibility index (Phi) is 8.44. The molecule has 0 aliphatic rings. The lowest BCUT2D eigenvalue weighted by Crippen LogP contribution is -2.43. The molecule has 0 fully saturated rings. The molecular weight excluding hydrogens is 560 g/mol. The Morgan fingerprint density at radius 3 is 2.09 bits per heavy atom. The van der Waals surface area contributed by atoms with Crippen LogP contribution in [0.15, 0.2) is 35.7 Å². The van der Waals surface area contributed by atoms with Gasteiger partial charge in [-0.15, -0.1) is 11.3 Å². The van der Waals surface area contributed by atoms with E-state index in [1.807, 2.05) is 0 Å². The summed E-state index contributed by atoms with van der Waals surface area (Å²) in [6.07, 6.45) is 0. The summed E-state index contributed by atoms with van der Waals surface area (Å²) in [6.45, 7) is 2.80. The molecule has 0 saturated heterocycles. The average Bonchev–Trinajstić information content (AvgIpc) is 3.18. The second kappa shape index (κ2) is 10.1. The van der Waals surface area contributed by atoms with E-state index in [4.69, 9.17) is 0 Å². The summed E-state index contributed by atoms with van der Waals surface area (Å²) in [5.74, 6) is 3.95. The Hall–Kier alpha value is -2.06. The molecule has 2 rings (SSSR count). The van der Waals surface area contributed by atoms with Gasteiger partial charge < -0.3 is 4.18 Å². The zero-order valence-electron chi connectivity index (χ0n) is 18.4. The molecule has 0 saturated carbocycles. The van der Waals surface area contributed by atoms with Crippen molar-refractivity contribution in [2.24, 2.45) is 0 Å². The first kappa shape index (κ1) is 29.2. The number of rotatable bonds is 7. The minimum Gasteiger partial charge on any atom is -0.376 e. The Labute approximate surface area is 203 Å². The van der Waals surface area contributed by atoms with Crippen LogP contribution in [0.5, 0.6) is 5.75 Å². The first-order valence-corrected chi connectivity index (χ1v) is 16.7. The van der Waals surface area contributed by atoms with Crippen molar-refractivity contribution >= 4 is 44.7 Å². The van der Waals surface area contributed by atoms with Gasteiger partial charge in [0.1, 0.15) is 5.75 Å². The van der Waals surface area contributed by atoms with E-state index in [0.717, 1.165) is 17.4 Å². The van der Waals surface area contributed by atoms with E-state index in [-0.39, 0.29) is 9.49 Å². The van der Waals surface area contributed by atoms with Crippen molar-refractivity contribution in [3.05, 3.63) is 46.2 Å². The summed E-state index contributed by atoms with van der Waals surface area (Å²) in [5, 5.41) is 1.68. The summed E-state index contributed by atoms with van der Waals surface area (Å²) < 4.78 is 131. The molecule has 0 aliphatic carbocycles. The Morgan fingerprint density at radius 1 is 0.971 bits per heavy atom. The van der Waals surface area contributed by atoms with Crippen molar-refractivity contribution in [2.45, 2.75) is 37.2 Å². The quantitative estimate of drug-likeness (QED) is 0.161. The molecular formula is C19H19F6NO5S3Si. The number of para-hydroxylation sites is 1. The first-order chi connectivity index (χ1) is 15.8. The molecule has 0 unspecified atom stereocenters. The fourth-order valence-corrected chi connectivity index (χ4v) is 6.18. The van der Waals surface area contributed by atoms with Gasteiger partial charge in [-0.2, -0.15) is 39.1 Å². The SMILES string of the molecule is C[Si](C)(C)c1cccc(CN(CC#Cc2cccs2)S(=O)(=O)C(F)(F)F)c1OS(=O)(=O)C(F)(F)F. The summed E-state index contributed by atoms with van der Waals surface area (Å²) in [6, 6.07) is 6.72. The van der Waals surface area contributed by atoms with E-state index in [0.29, 0.717) is 4.88 Å². The molecule has 0 N–H and O–H groups in total. The molecule has 16 heteroatoms. The van der Waals surface area contributed by atoms with Gasteiger partial charge in [-0.25, -0.2) is 8.42 Å². The van der Waals surface area contributed by atoms with Crippen LogP contribution >= 0.6 is 11.3 Å². The van der Waals surface area contributed by atoms with Crippen LogP contribution in [0.25, 0.3) is 0 Å². The molecule has 0 spiro atoms.